The van der Waals surface area contributed by atoms with Crippen LogP contribution in [0.25, 0.3) is 0 Å². The van der Waals surface area contributed by atoms with Crippen LogP contribution in [0.3, 0.4) is 0 Å². The number of carbonyl (C=O) groups excluding carboxylic acids is 1. The monoisotopic (exact) mass is 219 g/mol. The van der Waals surface area contributed by atoms with E-state index in [2.05, 4.69) is 17.2 Å². The van der Waals surface area contributed by atoms with Crippen molar-refractivity contribution in [2.24, 2.45) is 11.8 Å². The maximum Gasteiger partial charge on any atom is 0.171 e. The van der Waals surface area contributed by atoms with E-state index in [1.165, 1.54) is 0 Å². The van der Waals surface area contributed by atoms with Crippen LogP contribution in [0.4, 0.5) is 5.82 Å². The van der Waals surface area contributed by atoms with E-state index in [1.807, 2.05) is 13.0 Å². The van der Waals surface area contributed by atoms with Crippen LogP contribution in [0.15, 0.2) is 12.3 Å². The lowest BCUT2D eigenvalue weighted by Crippen LogP contribution is -2.23. The first-order valence-corrected chi connectivity index (χ1v) is 5.57. The maximum absolute atomic E-state index is 12.3. The normalized spacial score (nSPS) is 24.6. The van der Waals surface area contributed by atoms with Crippen molar-refractivity contribution in [1.82, 2.24) is 10.3 Å². The molecule has 2 rings (SSSR count). The maximum atomic E-state index is 12.3. The standard InChI is InChI=1S/C12H17N3O/c1-7-3-4-15-12(13)10(7)11(16)9-6-14-5-8(9)2/h3-4,8-9,14H,5-6H2,1-2H3,(H2,13,15). The number of pyridine rings is 1. The van der Waals surface area contributed by atoms with Gasteiger partial charge in [0.05, 0.1) is 5.56 Å². The number of aryl methyl sites for hydroxylation is 1. The molecule has 0 saturated carbocycles. The van der Waals surface area contributed by atoms with Crippen molar-refractivity contribution >= 4 is 11.6 Å². The fourth-order valence-electron chi connectivity index (χ4n) is 2.25. The van der Waals surface area contributed by atoms with E-state index in [1.54, 1.807) is 6.20 Å². The van der Waals surface area contributed by atoms with Gasteiger partial charge in [0.2, 0.25) is 0 Å². The molecule has 1 aliphatic heterocycles. The van der Waals surface area contributed by atoms with E-state index in [-0.39, 0.29) is 11.7 Å². The number of anilines is 1. The number of rotatable bonds is 2. The highest BCUT2D eigenvalue weighted by atomic mass is 16.1. The third-order valence-corrected chi connectivity index (χ3v) is 3.29. The fraction of sp³-hybridized carbons (Fsp3) is 0.500. The van der Waals surface area contributed by atoms with Crippen molar-refractivity contribution in [3.8, 4) is 0 Å². The summed E-state index contributed by atoms with van der Waals surface area (Å²) in [6.07, 6.45) is 1.64. The number of carbonyl (C=O) groups is 1. The molecule has 1 saturated heterocycles. The SMILES string of the molecule is Cc1ccnc(N)c1C(=O)C1CNCC1C. The van der Waals surface area contributed by atoms with Gasteiger partial charge in [-0.3, -0.25) is 4.79 Å². The molecule has 4 nitrogen and oxygen atoms in total. The van der Waals surface area contributed by atoms with Gasteiger partial charge in [-0.05, 0) is 31.0 Å². The minimum absolute atomic E-state index is 0.0326. The average Bonchev–Trinajstić information content (AvgIpc) is 2.64. The largest absolute Gasteiger partial charge is 0.383 e. The van der Waals surface area contributed by atoms with Crippen LogP contribution in [0.1, 0.15) is 22.8 Å². The van der Waals surface area contributed by atoms with Crippen LogP contribution >= 0.6 is 0 Å². The molecule has 1 fully saturated rings. The molecule has 86 valence electrons. The number of hydrogen-bond donors (Lipinski definition) is 2. The predicted octanol–water partition coefficient (Wildman–Crippen LogP) is 1.01. The van der Waals surface area contributed by atoms with E-state index in [9.17, 15) is 4.79 Å². The van der Waals surface area contributed by atoms with Gasteiger partial charge in [0.1, 0.15) is 5.82 Å². The van der Waals surface area contributed by atoms with Gasteiger partial charge in [0.15, 0.2) is 5.78 Å². The molecule has 16 heavy (non-hydrogen) atoms. The highest BCUT2D eigenvalue weighted by Gasteiger charge is 2.32. The third kappa shape index (κ3) is 1.80. The molecular formula is C12H17N3O. The van der Waals surface area contributed by atoms with Gasteiger partial charge in [-0.15, -0.1) is 0 Å². The predicted molar refractivity (Wildman–Crippen MR) is 63.2 cm³/mol. The summed E-state index contributed by atoms with van der Waals surface area (Å²) in [5.74, 6) is 0.876. The second-order valence-electron chi connectivity index (χ2n) is 4.49. The number of nitrogens with one attached hydrogen (secondary N) is 1. The van der Waals surface area contributed by atoms with Crippen molar-refractivity contribution in [3.05, 3.63) is 23.4 Å². The highest BCUT2D eigenvalue weighted by Crippen LogP contribution is 2.24. The van der Waals surface area contributed by atoms with Crippen LogP contribution in [0.5, 0.6) is 0 Å². The van der Waals surface area contributed by atoms with Gasteiger partial charge in [0, 0.05) is 18.7 Å². The van der Waals surface area contributed by atoms with E-state index >= 15 is 0 Å². The molecule has 0 amide bonds. The second-order valence-corrected chi connectivity index (χ2v) is 4.49. The number of nitrogen functional groups attached to an aromatic ring is 1. The Hall–Kier alpha value is -1.42. The minimum Gasteiger partial charge on any atom is -0.383 e. The lowest BCUT2D eigenvalue weighted by atomic mass is 9.88. The Labute approximate surface area is 95.3 Å². The van der Waals surface area contributed by atoms with Crippen molar-refractivity contribution < 1.29 is 4.79 Å². The summed E-state index contributed by atoms with van der Waals surface area (Å²) >= 11 is 0. The highest BCUT2D eigenvalue weighted by molar-refractivity contribution is 6.03. The minimum atomic E-state index is 0.0326. The fourth-order valence-corrected chi connectivity index (χ4v) is 2.25. The molecule has 0 aliphatic carbocycles. The van der Waals surface area contributed by atoms with Crippen LogP contribution in [-0.4, -0.2) is 23.9 Å². The van der Waals surface area contributed by atoms with Crippen molar-refractivity contribution in [3.63, 3.8) is 0 Å². The second kappa shape index (κ2) is 4.22. The van der Waals surface area contributed by atoms with Crippen molar-refractivity contribution in [1.29, 1.82) is 0 Å². The summed E-state index contributed by atoms with van der Waals surface area (Å²) < 4.78 is 0. The Morgan fingerprint density at radius 2 is 2.31 bits per heavy atom. The molecule has 1 aliphatic rings. The summed E-state index contributed by atoms with van der Waals surface area (Å²) in [4.78, 5) is 16.3. The number of Topliss-reactive ketones (excluding diaryl/α,β-unsaturated/α-hetero) is 1. The van der Waals surface area contributed by atoms with Gasteiger partial charge in [0.25, 0.3) is 0 Å². The van der Waals surface area contributed by atoms with Crippen molar-refractivity contribution in [2.75, 3.05) is 18.8 Å². The first-order chi connectivity index (χ1) is 7.61. The van der Waals surface area contributed by atoms with Crippen LogP contribution in [0.2, 0.25) is 0 Å². The Kier molecular flexibility index (Phi) is 2.92. The van der Waals surface area contributed by atoms with Crippen LogP contribution in [-0.2, 0) is 0 Å². The molecule has 0 aromatic carbocycles. The molecule has 3 N–H and O–H groups in total. The molecule has 0 radical (unpaired) electrons. The van der Waals surface area contributed by atoms with Crippen molar-refractivity contribution in [2.45, 2.75) is 13.8 Å². The zero-order chi connectivity index (χ0) is 11.7. The summed E-state index contributed by atoms with van der Waals surface area (Å²) in [6, 6.07) is 1.83. The summed E-state index contributed by atoms with van der Waals surface area (Å²) in [7, 11) is 0. The van der Waals surface area contributed by atoms with Gasteiger partial charge in [-0.25, -0.2) is 4.98 Å². The first kappa shape index (κ1) is 11.1. The van der Waals surface area contributed by atoms with Gasteiger partial charge in [-0.2, -0.15) is 0 Å². The lowest BCUT2D eigenvalue weighted by Gasteiger charge is -2.15. The van der Waals surface area contributed by atoms with Crippen LogP contribution < -0.4 is 11.1 Å². The summed E-state index contributed by atoms with van der Waals surface area (Å²) in [6.45, 7) is 5.63. The van der Waals surface area contributed by atoms with E-state index in [0.29, 0.717) is 17.3 Å². The molecule has 2 heterocycles. The number of nitrogens with zero attached hydrogens (tertiary/aromatic N) is 1. The summed E-state index contributed by atoms with van der Waals surface area (Å²) in [5, 5.41) is 3.23. The Bertz CT molecular complexity index is 396. The number of hydrogen-bond acceptors (Lipinski definition) is 4. The summed E-state index contributed by atoms with van der Waals surface area (Å²) in [5.41, 5.74) is 7.30. The molecule has 0 spiro atoms. The molecule has 4 heteroatoms. The number of aromatic nitrogens is 1. The molecule has 2 unspecified atom stereocenters. The molecule has 0 bridgehead atoms. The van der Waals surface area contributed by atoms with E-state index in [0.717, 1.165) is 18.7 Å². The Morgan fingerprint density at radius 3 is 2.88 bits per heavy atom. The molecular weight excluding hydrogens is 202 g/mol. The average molecular weight is 219 g/mol. The molecule has 1 aromatic heterocycles. The quantitative estimate of drug-likeness (QED) is 0.728. The Morgan fingerprint density at radius 1 is 1.56 bits per heavy atom. The number of nitrogens with two attached hydrogens (primary N) is 1. The van der Waals surface area contributed by atoms with Gasteiger partial charge in [-0.1, -0.05) is 6.92 Å². The topological polar surface area (TPSA) is 68.0 Å². The Balaban J connectivity index is 2.33. The van der Waals surface area contributed by atoms with E-state index < -0.39 is 0 Å². The van der Waals surface area contributed by atoms with Gasteiger partial charge >= 0.3 is 0 Å². The number of ketones is 1. The van der Waals surface area contributed by atoms with Crippen LogP contribution in [0, 0.1) is 18.8 Å². The molecule has 2 atom stereocenters. The lowest BCUT2D eigenvalue weighted by molar-refractivity contribution is 0.0908. The third-order valence-electron chi connectivity index (χ3n) is 3.29. The smallest absolute Gasteiger partial charge is 0.171 e. The van der Waals surface area contributed by atoms with E-state index in [4.69, 9.17) is 5.73 Å². The molecule has 1 aromatic rings. The first-order valence-electron chi connectivity index (χ1n) is 5.57. The zero-order valence-electron chi connectivity index (χ0n) is 9.66. The zero-order valence-corrected chi connectivity index (χ0v) is 9.66. The van der Waals surface area contributed by atoms with Gasteiger partial charge < -0.3 is 11.1 Å².